The highest BCUT2D eigenvalue weighted by molar-refractivity contribution is 5.91. The number of benzene rings is 2. The van der Waals surface area contributed by atoms with Crippen LogP contribution in [-0.4, -0.2) is 31.1 Å². The van der Waals surface area contributed by atoms with E-state index in [1.54, 1.807) is 12.1 Å². The van der Waals surface area contributed by atoms with Gasteiger partial charge in [-0.3, -0.25) is 4.90 Å². The van der Waals surface area contributed by atoms with Crippen LogP contribution in [0, 0.1) is 5.41 Å². The Morgan fingerprint density at radius 1 is 1.14 bits per heavy atom. The molecule has 0 saturated carbocycles. The van der Waals surface area contributed by atoms with Gasteiger partial charge in [0.1, 0.15) is 0 Å². The predicted molar refractivity (Wildman–Crippen MR) is 99.0 cm³/mol. The Morgan fingerprint density at radius 2 is 1.89 bits per heavy atom. The van der Waals surface area contributed by atoms with Gasteiger partial charge in [-0.15, -0.1) is 0 Å². The number of esters is 1. The van der Waals surface area contributed by atoms with Gasteiger partial charge in [0.25, 0.3) is 0 Å². The molecule has 0 radical (unpaired) electrons. The van der Waals surface area contributed by atoms with Crippen molar-refractivity contribution in [3.05, 3.63) is 70.3 Å². The average molecular weight is 389 g/mol. The summed E-state index contributed by atoms with van der Waals surface area (Å²) in [5.74, 6) is -0.298. The zero-order chi connectivity index (χ0) is 19.9. The quantitative estimate of drug-likeness (QED) is 0.725. The van der Waals surface area contributed by atoms with Crippen molar-refractivity contribution in [1.29, 1.82) is 0 Å². The fraction of sp³-hybridized carbons (Fsp3) is 0.409. The summed E-state index contributed by atoms with van der Waals surface area (Å²) >= 11 is 0. The second-order valence-corrected chi connectivity index (χ2v) is 7.94. The molecular weight excluding hydrogens is 367 g/mol. The molecule has 0 amide bonds. The van der Waals surface area contributed by atoms with Crippen molar-refractivity contribution in [2.24, 2.45) is 5.41 Å². The summed E-state index contributed by atoms with van der Waals surface area (Å²) in [7, 11) is 1.40. The third kappa shape index (κ3) is 3.53. The molecular formula is C22H22F3NO2. The summed E-state index contributed by atoms with van der Waals surface area (Å²) < 4.78 is 43.1. The fourth-order valence-electron chi connectivity index (χ4n) is 4.66. The maximum absolute atomic E-state index is 12.7. The minimum Gasteiger partial charge on any atom is -0.465 e. The molecule has 4 rings (SSSR count). The number of hydrogen-bond donors (Lipinski definition) is 0. The van der Waals surface area contributed by atoms with Crippen LogP contribution >= 0.6 is 0 Å². The van der Waals surface area contributed by atoms with E-state index in [2.05, 4.69) is 11.0 Å². The van der Waals surface area contributed by atoms with Crippen LogP contribution in [0.1, 0.15) is 39.0 Å². The summed E-state index contributed by atoms with van der Waals surface area (Å²) in [6.45, 7) is 2.42. The number of methoxy groups -OCH3 is 1. The first-order valence-corrected chi connectivity index (χ1v) is 9.37. The Morgan fingerprint density at radius 3 is 2.57 bits per heavy atom. The number of fused-ring (bicyclic) bond motifs is 1. The number of rotatable bonds is 3. The number of halogens is 3. The molecule has 1 saturated heterocycles. The highest BCUT2D eigenvalue weighted by atomic mass is 19.4. The number of likely N-dealkylation sites (tertiary alicyclic amines) is 1. The lowest BCUT2D eigenvalue weighted by molar-refractivity contribution is -0.137. The molecule has 0 N–H and O–H groups in total. The van der Waals surface area contributed by atoms with E-state index in [9.17, 15) is 18.0 Å². The van der Waals surface area contributed by atoms with Crippen molar-refractivity contribution < 1.29 is 22.7 Å². The van der Waals surface area contributed by atoms with Gasteiger partial charge in [-0.1, -0.05) is 24.3 Å². The first kappa shape index (κ1) is 19.0. The van der Waals surface area contributed by atoms with Gasteiger partial charge < -0.3 is 4.74 Å². The average Bonchev–Trinajstić information content (AvgIpc) is 3.22. The second-order valence-electron chi connectivity index (χ2n) is 7.94. The normalized spacial score (nSPS) is 21.9. The van der Waals surface area contributed by atoms with E-state index in [-0.39, 0.29) is 11.4 Å². The molecule has 3 nitrogen and oxygen atoms in total. The van der Waals surface area contributed by atoms with Gasteiger partial charge in [0.15, 0.2) is 0 Å². The zero-order valence-electron chi connectivity index (χ0n) is 15.7. The van der Waals surface area contributed by atoms with Crippen molar-refractivity contribution in [1.82, 2.24) is 4.90 Å². The van der Waals surface area contributed by atoms with Gasteiger partial charge in [-0.25, -0.2) is 4.79 Å². The van der Waals surface area contributed by atoms with E-state index in [4.69, 9.17) is 4.74 Å². The largest absolute Gasteiger partial charge is 0.465 e. The van der Waals surface area contributed by atoms with Crippen LogP contribution in [0.25, 0.3) is 0 Å². The number of carbonyl (C=O) groups excluding carboxylic acids is 1. The smallest absolute Gasteiger partial charge is 0.416 e. The Labute approximate surface area is 162 Å². The fourth-order valence-corrected chi connectivity index (χ4v) is 4.66. The minimum absolute atomic E-state index is 0.0956. The highest BCUT2D eigenvalue weighted by Gasteiger charge is 2.43. The van der Waals surface area contributed by atoms with Gasteiger partial charge in [0, 0.05) is 13.1 Å². The van der Waals surface area contributed by atoms with Crippen LogP contribution in [-0.2, 0) is 30.3 Å². The monoisotopic (exact) mass is 389 g/mol. The van der Waals surface area contributed by atoms with Crippen molar-refractivity contribution >= 4 is 5.97 Å². The van der Waals surface area contributed by atoms with Gasteiger partial charge in [0.2, 0.25) is 0 Å². The molecule has 0 bridgehead atoms. The molecule has 1 aliphatic carbocycles. The molecule has 1 fully saturated rings. The summed E-state index contributed by atoms with van der Waals surface area (Å²) in [6.07, 6.45) is -1.51. The lowest BCUT2D eigenvalue weighted by Gasteiger charge is -2.24. The molecule has 1 atom stereocenters. The van der Waals surface area contributed by atoms with Crippen molar-refractivity contribution in [2.45, 2.75) is 32.0 Å². The summed E-state index contributed by atoms with van der Waals surface area (Å²) in [5.41, 5.74) is 3.31. The third-order valence-corrected chi connectivity index (χ3v) is 6.00. The molecule has 0 aromatic heterocycles. The van der Waals surface area contributed by atoms with Crippen LogP contribution in [0.5, 0.6) is 0 Å². The Bertz CT molecular complexity index is 892. The molecule has 1 aliphatic heterocycles. The molecule has 2 aliphatic rings. The van der Waals surface area contributed by atoms with Crippen LogP contribution in [0.15, 0.2) is 42.5 Å². The first-order valence-electron chi connectivity index (χ1n) is 9.37. The maximum Gasteiger partial charge on any atom is 0.416 e. The molecule has 2 aromatic carbocycles. The minimum atomic E-state index is -4.30. The molecule has 1 heterocycles. The molecule has 28 heavy (non-hydrogen) atoms. The lowest BCUT2D eigenvalue weighted by Crippen LogP contribution is -2.27. The molecule has 6 heteroatoms. The number of hydrogen-bond acceptors (Lipinski definition) is 3. The lowest BCUT2D eigenvalue weighted by atomic mass is 9.84. The number of alkyl halides is 3. The zero-order valence-corrected chi connectivity index (χ0v) is 15.7. The topological polar surface area (TPSA) is 29.5 Å². The molecule has 1 unspecified atom stereocenters. The Balaban J connectivity index is 1.45. The predicted octanol–water partition coefficient (Wildman–Crippen LogP) is 4.48. The molecule has 1 spiro atoms. The van der Waals surface area contributed by atoms with Crippen molar-refractivity contribution in [3.8, 4) is 0 Å². The third-order valence-electron chi connectivity index (χ3n) is 6.00. The van der Waals surface area contributed by atoms with Gasteiger partial charge in [-0.2, -0.15) is 13.2 Å². The Hall–Kier alpha value is -2.34. The number of nitrogens with zero attached hydrogens (tertiary/aromatic N) is 1. The van der Waals surface area contributed by atoms with E-state index in [0.29, 0.717) is 12.1 Å². The SMILES string of the molecule is COC(=O)c1cccc2c1CC1(CCN(Cc3ccc(C(F)(F)F)cc3)C1)C2. The van der Waals surface area contributed by atoms with Crippen molar-refractivity contribution in [3.63, 3.8) is 0 Å². The first-order chi connectivity index (χ1) is 13.3. The molecule has 2 aromatic rings. The van der Waals surface area contributed by atoms with Gasteiger partial charge >= 0.3 is 12.1 Å². The van der Waals surface area contributed by atoms with E-state index in [0.717, 1.165) is 55.6 Å². The van der Waals surface area contributed by atoms with E-state index in [1.807, 2.05) is 12.1 Å². The van der Waals surface area contributed by atoms with E-state index < -0.39 is 11.7 Å². The maximum atomic E-state index is 12.7. The van der Waals surface area contributed by atoms with Crippen molar-refractivity contribution in [2.75, 3.05) is 20.2 Å². The summed E-state index contributed by atoms with van der Waals surface area (Å²) in [5, 5.41) is 0. The van der Waals surface area contributed by atoms with Crippen LogP contribution in [0.4, 0.5) is 13.2 Å². The second kappa shape index (κ2) is 6.92. The van der Waals surface area contributed by atoms with Crippen LogP contribution < -0.4 is 0 Å². The number of carbonyl (C=O) groups is 1. The van der Waals surface area contributed by atoms with Gasteiger partial charge in [-0.05, 0) is 66.1 Å². The summed E-state index contributed by atoms with van der Waals surface area (Å²) in [6, 6.07) is 11.2. The number of ether oxygens (including phenoxy) is 1. The highest BCUT2D eigenvalue weighted by Crippen LogP contribution is 2.45. The standard InChI is InChI=1S/C22H22F3NO2/c1-28-20(27)18-4-2-3-16-11-21(12-19(16)18)9-10-26(14-21)13-15-5-7-17(8-6-15)22(23,24)25/h2-8H,9-14H2,1H3. The van der Waals surface area contributed by atoms with Gasteiger partial charge in [0.05, 0.1) is 18.2 Å². The molecule has 148 valence electrons. The van der Waals surface area contributed by atoms with E-state index >= 15 is 0 Å². The summed E-state index contributed by atoms with van der Waals surface area (Å²) in [4.78, 5) is 14.4. The van der Waals surface area contributed by atoms with Crippen LogP contribution in [0.3, 0.4) is 0 Å². The van der Waals surface area contributed by atoms with Crippen LogP contribution in [0.2, 0.25) is 0 Å². The van der Waals surface area contributed by atoms with E-state index in [1.165, 1.54) is 12.7 Å². The Kier molecular flexibility index (Phi) is 4.70.